The van der Waals surface area contributed by atoms with Gasteiger partial charge in [-0.15, -0.1) is 0 Å². The molecule has 0 aliphatic rings. The van der Waals surface area contributed by atoms with Gasteiger partial charge in [0.25, 0.3) is 0 Å². The van der Waals surface area contributed by atoms with Gasteiger partial charge in [0, 0.05) is 38.2 Å². The summed E-state index contributed by atoms with van der Waals surface area (Å²) in [5, 5.41) is 4.38. The maximum atomic E-state index is 6.26. The fourth-order valence-corrected chi connectivity index (χ4v) is 6.96. The third-order valence-electron chi connectivity index (χ3n) is 9.52. The van der Waals surface area contributed by atoms with Crippen molar-refractivity contribution in [2.75, 3.05) is 0 Å². The van der Waals surface area contributed by atoms with Crippen LogP contribution in [0.4, 0.5) is 0 Å². The molecule has 7 aromatic carbocycles. The molecule has 0 amide bonds. The van der Waals surface area contributed by atoms with Crippen LogP contribution < -0.4 is 0 Å². The summed E-state index contributed by atoms with van der Waals surface area (Å²) < 4.78 is 12.5. The Morgan fingerprint density at radius 2 is 0.720 bits per heavy atom. The molecular weight excluding hydrogens is 613 g/mol. The lowest BCUT2D eigenvalue weighted by atomic mass is 9.98. The first-order valence-corrected chi connectivity index (χ1v) is 16.7. The van der Waals surface area contributed by atoms with Gasteiger partial charge in [-0.25, -0.2) is 9.97 Å². The van der Waals surface area contributed by atoms with Gasteiger partial charge in [0.15, 0.2) is 5.82 Å². The van der Waals surface area contributed by atoms with Crippen LogP contribution in [0.25, 0.3) is 100 Å². The van der Waals surface area contributed by atoms with Crippen molar-refractivity contribution in [3.05, 3.63) is 170 Å². The minimum Gasteiger partial charge on any atom is -0.456 e. The zero-order valence-electron chi connectivity index (χ0n) is 26.9. The predicted octanol–water partition coefficient (Wildman–Crippen LogP) is 12.6. The van der Waals surface area contributed by atoms with E-state index in [1.807, 2.05) is 42.5 Å². The van der Waals surface area contributed by atoms with E-state index in [1.165, 1.54) is 11.1 Å². The Bertz CT molecular complexity index is 2730. The van der Waals surface area contributed by atoms with Gasteiger partial charge < -0.3 is 8.83 Å². The fraction of sp³-hybridized carbons (Fsp3) is 0. The van der Waals surface area contributed by atoms with E-state index in [-0.39, 0.29) is 0 Å². The van der Waals surface area contributed by atoms with E-state index in [4.69, 9.17) is 18.8 Å². The summed E-state index contributed by atoms with van der Waals surface area (Å²) in [6, 6.07) is 58.6. The molecule has 0 aliphatic carbocycles. The summed E-state index contributed by atoms with van der Waals surface area (Å²) in [4.78, 5) is 10.3. The summed E-state index contributed by atoms with van der Waals surface area (Å²) in [7, 11) is 0. The Morgan fingerprint density at radius 1 is 0.280 bits per heavy atom. The van der Waals surface area contributed by atoms with Gasteiger partial charge in [-0.1, -0.05) is 121 Å². The molecule has 234 valence electrons. The second kappa shape index (κ2) is 11.4. The molecule has 0 bridgehead atoms. The molecule has 0 saturated heterocycles. The standard InChI is InChI=1S/C46H28N2O2/c1-2-9-29(10-3-1)32-11-8-12-33(25-32)30-17-19-31(20-18-30)46-47-40(34-21-23-38-36-13-4-6-15-42(36)49-44(38)26-34)28-41(48-46)35-22-24-39-37-14-5-7-16-43(37)50-45(39)27-35/h1-28H. The number of para-hydroxylation sites is 2. The quantitative estimate of drug-likeness (QED) is 0.188. The summed E-state index contributed by atoms with van der Waals surface area (Å²) in [5.41, 5.74) is 12.6. The highest BCUT2D eigenvalue weighted by molar-refractivity contribution is 6.07. The first-order valence-electron chi connectivity index (χ1n) is 16.7. The fourth-order valence-electron chi connectivity index (χ4n) is 6.96. The number of nitrogens with zero attached hydrogens (tertiary/aromatic N) is 2. The second-order valence-corrected chi connectivity index (χ2v) is 12.6. The van der Waals surface area contributed by atoms with Crippen LogP contribution in [0.1, 0.15) is 0 Å². The molecule has 50 heavy (non-hydrogen) atoms. The first kappa shape index (κ1) is 28.3. The molecule has 0 N–H and O–H groups in total. The first-order chi connectivity index (χ1) is 24.7. The molecule has 0 atom stereocenters. The van der Waals surface area contributed by atoms with Crippen LogP contribution in [0.5, 0.6) is 0 Å². The van der Waals surface area contributed by atoms with Gasteiger partial charge in [0.05, 0.1) is 11.4 Å². The van der Waals surface area contributed by atoms with E-state index in [0.29, 0.717) is 5.82 Å². The monoisotopic (exact) mass is 640 g/mol. The number of furan rings is 2. The highest BCUT2D eigenvalue weighted by Crippen LogP contribution is 2.36. The number of rotatable bonds is 5. The van der Waals surface area contributed by atoms with Crippen LogP contribution in [-0.2, 0) is 0 Å². The molecule has 0 radical (unpaired) electrons. The number of aromatic nitrogens is 2. The number of hydrogen-bond acceptors (Lipinski definition) is 4. The highest BCUT2D eigenvalue weighted by Gasteiger charge is 2.15. The zero-order valence-corrected chi connectivity index (χ0v) is 26.9. The molecule has 3 heterocycles. The Morgan fingerprint density at radius 3 is 1.30 bits per heavy atom. The van der Waals surface area contributed by atoms with Gasteiger partial charge in [0.1, 0.15) is 22.3 Å². The van der Waals surface area contributed by atoms with Crippen molar-refractivity contribution in [2.24, 2.45) is 0 Å². The zero-order chi connectivity index (χ0) is 33.0. The van der Waals surface area contributed by atoms with E-state index >= 15 is 0 Å². The lowest BCUT2D eigenvalue weighted by Crippen LogP contribution is -1.96. The highest BCUT2D eigenvalue weighted by atomic mass is 16.3. The van der Waals surface area contributed by atoms with E-state index in [9.17, 15) is 0 Å². The van der Waals surface area contributed by atoms with Crippen molar-refractivity contribution in [3.63, 3.8) is 0 Å². The van der Waals surface area contributed by atoms with Gasteiger partial charge in [-0.3, -0.25) is 0 Å². The van der Waals surface area contributed by atoms with E-state index in [0.717, 1.165) is 83.1 Å². The summed E-state index contributed by atoms with van der Waals surface area (Å²) in [5.74, 6) is 0.650. The van der Waals surface area contributed by atoms with Gasteiger partial charge in [-0.2, -0.15) is 0 Å². The van der Waals surface area contributed by atoms with Crippen molar-refractivity contribution in [2.45, 2.75) is 0 Å². The Hall–Kier alpha value is -6.78. The maximum Gasteiger partial charge on any atom is 0.160 e. The lowest BCUT2D eigenvalue weighted by molar-refractivity contribution is 0.668. The number of benzene rings is 7. The molecule has 0 aliphatic heterocycles. The SMILES string of the molecule is c1ccc(-c2cccc(-c3ccc(-c4nc(-c5ccc6c(c5)oc5ccccc56)cc(-c5ccc6c(c5)oc5ccccc56)n4)cc3)c2)cc1. The minimum absolute atomic E-state index is 0.650. The molecule has 10 rings (SSSR count). The van der Waals surface area contributed by atoms with E-state index < -0.39 is 0 Å². The smallest absolute Gasteiger partial charge is 0.160 e. The molecule has 4 nitrogen and oxygen atoms in total. The largest absolute Gasteiger partial charge is 0.456 e. The molecule has 0 saturated carbocycles. The molecule has 0 fully saturated rings. The summed E-state index contributed by atoms with van der Waals surface area (Å²) in [6.07, 6.45) is 0. The Labute approximate surface area is 287 Å². The predicted molar refractivity (Wildman–Crippen MR) is 204 cm³/mol. The number of hydrogen-bond donors (Lipinski definition) is 0. The topological polar surface area (TPSA) is 52.1 Å². The molecule has 3 aromatic heterocycles. The van der Waals surface area contributed by atoms with Crippen molar-refractivity contribution >= 4 is 43.9 Å². The normalized spacial score (nSPS) is 11.6. The summed E-state index contributed by atoms with van der Waals surface area (Å²) in [6.45, 7) is 0. The van der Waals surface area contributed by atoms with Gasteiger partial charge in [0.2, 0.25) is 0 Å². The lowest BCUT2D eigenvalue weighted by Gasteiger charge is -2.11. The summed E-state index contributed by atoms with van der Waals surface area (Å²) >= 11 is 0. The van der Waals surface area contributed by atoms with Crippen molar-refractivity contribution in [1.29, 1.82) is 0 Å². The average Bonchev–Trinajstić information content (AvgIpc) is 3.76. The van der Waals surface area contributed by atoms with Gasteiger partial charge >= 0.3 is 0 Å². The van der Waals surface area contributed by atoms with Crippen molar-refractivity contribution in [3.8, 4) is 56.2 Å². The second-order valence-electron chi connectivity index (χ2n) is 12.6. The van der Waals surface area contributed by atoms with Crippen LogP contribution >= 0.6 is 0 Å². The van der Waals surface area contributed by atoms with Crippen LogP contribution in [-0.4, -0.2) is 9.97 Å². The van der Waals surface area contributed by atoms with Crippen molar-refractivity contribution in [1.82, 2.24) is 9.97 Å². The third kappa shape index (κ3) is 4.85. The van der Waals surface area contributed by atoms with Crippen LogP contribution in [0.3, 0.4) is 0 Å². The van der Waals surface area contributed by atoms with Crippen molar-refractivity contribution < 1.29 is 8.83 Å². The van der Waals surface area contributed by atoms with Crippen LogP contribution in [0.15, 0.2) is 179 Å². The van der Waals surface area contributed by atoms with Gasteiger partial charge in [-0.05, 0) is 70.8 Å². The maximum absolute atomic E-state index is 6.26. The molecule has 10 aromatic rings. The number of fused-ring (bicyclic) bond motifs is 6. The van der Waals surface area contributed by atoms with E-state index in [2.05, 4.69) is 127 Å². The minimum atomic E-state index is 0.650. The molecule has 4 heteroatoms. The molecular formula is C46H28N2O2. The molecule has 0 spiro atoms. The van der Waals surface area contributed by atoms with E-state index in [1.54, 1.807) is 0 Å². The van der Waals surface area contributed by atoms with Crippen LogP contribution in [0.2, 0.25) is 0 Å². The Kier molecular flexibility index (Phi) is 6.46. The third-order valence-corrected chi connectivity index (χ3v) is 9.52. The Balaban J connectivity index is 1.09. The van der Waals surface area contributed by atoms with Crippen LogP contribution in [0, 0.1) is 0 Å². The molecule has 0 unspecified atom stereocenters. The average molecular weight is 641 g/mol.